The van der Waals surface area contributed by atoms with E-state index in [-0.39, 0.29) is 5.75 Å². The van der Waals surface area contributed by atoms with Crippen molar-refractivity contribution in [2.75, 3.05) is 10.5 Å². The van der Waals surface area contributed by atoms with Gasteiger partial charge in [-0.15, -0.1) is 0 Å². The maximum atomic E-state index is 12.1. The molecule has 0 fully saturated rings. The van der Waals surface area contributed by atoms with Crippen LogP contribution >= 0.6 is 0 Å². The Labute approximate surface area is 117 Å². The lowest BCUT2D eigenvalue weighted by atomic mass is 10.1. The highest BCUT2D eigenvalue weighted by atomic mass is 32.2. The molecule has 2 aromatic rings. The zero-order valence-corrected chi connectivity index (χ0v) is 11.4. The molecule has 0 radical (unpaired) electrons. The van der Waals surface area contributed by atoms with Gasteiger partial charge in [0.1, 0.15) is 0 Å². The van der Waals surface area contributed by atoms with Crippen molar-refractivity contribution < 1.29 is 8.42 Å². The third kappa shape index (κ3) is 3.28. The van der Waals surface area contributed by atoms with Gasteiger partial charge in [-0.25, -0.2) is 8.42 Å². The standard InChI is InChI=1S/C14H13N3O2S/c15-9-11-5-1-2-6-12(11)10-20(18,19)17-14-8-4-3-7-13(14)16/h1-8,17H,10,16H2. The van der Waals surface area contributed by atoms with E-state index in [0.717, 1.165) is 0 Å². The van der Waals surface area contributed by atoms with Crippen LogP contribution in [0.5, 0.6) is 0 Å². The highest BCUT2D eigenvalue weighted by Crippen LogP contribution is 2.20. The van der Waals surface area contributed by atoms with Gasteiger partial charge >= 0.3 is 0 Å². The maximum absolute atomic E-state index is 12.1. The fourth-order valence-corrected chi connectivity index (χ4v) is 3.01. The molecule has 3 N–H and O–H groups in total. The van der Waals surface area contributed by atoms with Crippen molar-refractivity contribution in [1.82, 2.24) is 0 Å². The molecule has 0 heterocycles. The Kier molecular flexibility index (Phi) is 3.91. The van der Waals surface area contributed by atoms with Crippen molar-refractivity contribution in [2.45, 2.75) is 5.75 Å². The second-order valence-electron chi connectivity index (χ2n) is 4.22. The third-order valence-electron chi connectivity index (χ3n) is 2.71. The van der Waals surface area contributed by atoms with E-state index in [1.807, 2.05) is 6.07 Å². The van der Waals surface area contributed by atoms with Crippen LogP contribution in [-0.4, -0.2) is 8.42 Å². The third-order valence-corrected chi connectivity index (χ3v) is 3.93. The van der Waals surface area contributed by atoms with E-state index in [0.29, 0.717) is 22.5 Å². The normalized spacial score (nSPS) is 10.8. The summed E-state index contributed by atoms with van der Waals surface area (Å²) in [7, 11) is -3.62. The summed E-state index contributed by atoms with van der Waals surface area (Å²) >= 11 is 0. The van der Waals surface area contributed by atoms with E-state index in [1.165, 1.54) is 0 Å². The zero-order chi connectivity index (χ0) is 14.6. The molecule has 0 amide bonds. The molecular weight excluding hydrogens is 274 g/mol. The van der Waals surface area contributed by atoms with Gasteiger partial charge in [-0.3, -0.25) is 4.72 Å². The number of nitrogens with one attached hydrogen (secondary N) is 1. The Morgan fingerprint density at radius 2 is 1.75 bits per heavy atom. The molecule has 6 heteroatoms. The van der Waals surface area contributed by atoms with Crippen molar-refractivity contribution >= 4 is 21.4 Å². The second kappa shape index (κ2) is 5.63. The number of rotatable bonds is 4. The van der Waals surface area contributed by atoms with Gasteiger partial charge in [0.15, 0.2) is 0 Å². The van der Waals surface area contributed by atoms with Crippen LogP contribution in [0.3, 0.4) is 0 Å². The van der Waals surface area contributed by atoms with Crippen LogP contribution < -0.4 is 10.5 Å². The van der Waals surface area contributed by atoms with E-state index < -0.39 is 10.0 Å². The Balaban J connectivity index is 2.25. The van der Waals surface area contributed by atoms with Crippen molar-refractivity contribution in [3.63, 3.8) is 0 Å². The van der Waals surface area contributed by atoms with E-state index in [2.05, 4.69) is 4.72 Å². The van der Waals surface area contributed by atoms with E-state index in [9.17, 15) is 8.42 Å². The lowest BCUT2D eigenvalue weighted by Gasteiger charge is -2.10. The number of anilines is 2. The number of benzene rings is 2. The fourth-order valence-electron chi connectivity index (χ4n) is 1.75. The average molecular weight is 287 g/mol. The van der Waals surface area contributed by atoms with Crippen LogP contribution in [0.4, 0.5) is 11.4 Å². The first-order valence-electron chi connectivity index (χ1n) is 5.85. The number of para-hydroxylation sites is 2. The van der Waals surface area contributed by atoms with Crippen LogP contribution in [-0.2, 0) is 15.8 Å². The molecule has 0 aliphatic carbocycles. The molecule has 0 spiro atoms. The number of hydrogen-bond acceptors (Lipinski definition) is 4. The highest BCUT2D eigenvalue weighted by Gasteiger charge is 2.15. The minimum absolute atomic E-state index is 0.273. The quantitative estimate of drug-likeness (QED) is 0.841. The first-order valence-corrected chi connectivity index (χ1v) is 7.50. The molecule has 0 aromatic heterocycles. The smallest absolute Gasteiger partial charge is 0.237 e. The Morgan fingerprint density at radius 3 is 2.45 bits per heavy atom. The van der Waals surface area contributed by atoms with Crippen LogP contribution in [0.1, 0.15) is 11.1 Å². The number of nitrogens with zero attached hydrogens (tertiary/aromatic N) is 1. The van der Waals surface area contributed by atoms with Gasteiger partial charge in [-0.1, -0.05) is 30.3 Å². The van der Waals surface area contributed by atoms with Crippen LogP contribution in [0, 0.1) is 11.3 Å². The van der Waals surface area contributed by atoms with Crippen LogP contribution in [0.25, 0.3) is 0 Å². The van der Waals surface area contributed by atoms with Gasteiger partial charge in [0.2, 0.25) is 10.0 Å². The molecule has 0 aliphatic rings. The highest BCUT2D eigenvalue weighted by molar-refractivity contribution is 7.91. The molecule has 2 rings (SSSR count). The molecule has 102 valence electrons. The summed E-state index contributed by atoms with van der Waals surface area (Å²) in [6, 6.07) is 15.2. The summed E-state index contributed by atoms with van der Waals surface area (Å²) in [6.07, 6.45) is 0. The number of hydrogen-bond donors (Lipinski definition) is 2. The Hall–Kier alpha value is -2.52. The summed E-state index contributed by atoms with van der Waals surface area (Å²) in [6.45, 7) is 0. The molecule has 20 heavy (non-hydrogen) atoms. The van der Waals surface area contributed by atoms with Gasteiger partial charge < -0.3 is 5.73 Å². The largest absolute Gasteiger partial charge is 0.397 e. The van der Waals surface area contributed by atoms with Gasteiger partial charge in [-0.05, 0) is 23.8 Å². The minimum atomic E-state index is -3.62. The predicted molar refractivity (Wildman–Crippen MR) is 78.3 cm³/mol. The Morgan fingerprint density at radius 1 is 1.10 bits per heavy atom. The molecular formula is C14H13N3O2S. The fraction of sp³-hybridized carbons (Fsp3) is 0.0714. The van der Waals surface area contributed by atoms with Gasteiger partial charge in [0.25, 0.3) is 0 Å². The van der Waals surface area contributed by atoms with E-state index in [4.69, 9.17) is 11.0 Å². The lowest BCUT2D eigenvalue weighted by Crippen LogP contribution is -2.16. The molecule has 0 saturated carbocycles. The van der Waals surface area contributed by atoms with Crippen LogP contribution in [0.15, 0.2) is 48.5 Å². The first kappa shape index (κ1) is 13.9. The number of nitrogen functional groups attached to an aromatic ring is 1. The minimum Gasteiger partial charge on any atom is -0.397 e. The predicted octanol–water partition coefficient (Wildman–Crippen LogP) is 2.08. The molecule has 0 atom stereocenters. The molecule has 0 unspecified atom stereocenters. The second-order valence-corrected chi connectivity index (χ2v) is 5.94. The molecule has 0 bridgehead atoms. The average Bonchev–Trinajstić information content (AvgIpc) is 2.41. The van der Waals surface area contributed by atoms with E-state index >= 15 is 0 Å². The van der Waals surface area contributed by atoms with Gasteiger partial charge in [0, 0.05) is 0 Å². The number of nitriles is 1. The number of sulfonamides is 1. The summed E-state index contributed by atoms with van der Waals surface area (Å²) < 4.78 is 26.7. The molecule has 0 aliphatic heterocycles. The van der Waals surface area contributed by atoms with Crippen molar-refractivity contribution in [1.29, 1.82) is 5.26 Å². The zero-order valence-electron chi connectivity index (χ0n) is 10.6. The van der Waals surface area contributed by atoms with Crippen LogP contribution in [0.2, 0.25) is 0 Å². The summed E-state index contributed by atoms with van der Waals surface area (Å²) in [5.41, 5.74) is 7.19. The lowest BCUT2D eigenvalue weighted by molar-refractivity contribution is 0.600. The number of nitrogens with two attached hydrogens (primary N) is 1. The van der Waals surface area contributed by atoms with Crippen molar-refractivity contribution in [2.24, 2.45) is 0 Å². The molecule has 2 aromatic carbocycles. The van der Waals surface area contributed by atoms with Crippen molar-refractivity contribution in [3.8, 4) is 6.07 Å². The topological polar surface area (TPSA) is 96.0 Å². The van der Waals surface area contributed by atoms with Crippen molar-refractivity contribution in [3.05, 3.63) is 59.7 Å². The molecule has 0 saturated heterocycles. The molecule has 5 nitrogen and oxygen atoms in total. The summed E-state index contributed by atoms with van der Waals surface area (Å²) in [5.74, 6) is -0.273. The summed E-state index contributed by atoms with van der Waals surface area (Å²) in [5, 5.41) is 8.96. The SMILES string of the molecule is N#Cc1ccccc1CS(=O)(=O)Nc1ccccc1N. The first-order chi connectivity index (χ1) is 9.52. The van der Waals surface area contributed by atoms with Gasteiger partial charge in [0.05, 0.1) is 28.8 Å². The Bertz CT molecular complexity index is 764. The monoisotopic (exact) mass is 287 g/mol. The van der Waals surface area contributed by atoms with E-state index in [1.54, 1.807) is 48.5 Å². The maximum Gasteiger partial charge on any atom is 0.237 e. The van der Waals surface area contributed by atoms with Gasteiger partial charge in [-0.2, -0.15) is 5.26 Å². The summed E-state index contributed by atoms with van der Waals surface area (Å²) in [4.78, 5) is 0.